The summed E-state index contributed by atoms with van der Waals surface area (Å²) in [6.45, 7) is 5.65. The number of benzene rings is 1. The summed E-state index contributed by atoms with van der Waals surface area (Å²) in [5.41, 5.74) is 1.31. The van der Waals surface area contributed by atoms with E-state index < -0.39 is 0 Å². The van der Waals surface area contributed by atoms with Crippen LogP contribution < -0.4 is 10.1 Å². The fourth-order valence-corrected chi connectivity index (χ4v) is 3.46. The Morgan fingerprint density at radius 3 is 2.45 bits per heavy atom. The molecule has 2 aliphatic rings. The van der Waals surface area contributed by atoms with Gasteiger partial charge in [0.2, 0.25) is 0 Å². The molecule has 0 amide bonds. The number of hydrogen-bond acceptors (Lipinski definition) is 2. The highest BCUT2D eigenvalue weighted by Crippen LogP contribution is 2.32. The summed E-state index contributed by atoms with van der Waals surface area (Å²) >= 11 is 0. The van der Waals surface area contributed by atoms with E-state index in [9.17, 15) is 0 Å². The van der Waals surface area contributed by atoms with Crippen LogP contribution in [0.2, 0.25) is 0 Å². The summed E-state index contributed by atoms with van der Waals surface area (Å²) in [6, 6.07) is 9.28. The molecule has 0 heterocycles. The summed E-state index contributed by atoms with van der Waals surface area (Å²) in [7, 11) is 0. The average molecular weight is 273 g/mol. The zero-order valence-corrected chi connectivity index (χ0v) is 12.8. The van der Waals surface area contributed by atoms with Gasteiger partial charge in [-0.25, -0.2) is 0 Å². The Morgan fingerprint density at radius 1 is 1.05 bits per heavy atom. The maximum Gasteiger partial charge on any atom is 0.124 e. The molecule has 1 N–H and O–H groups in total. The Hall–Kier alpha value is -1.02. The van der Waals surface area contributed by atoms with Gasteiger partial charge in [-0.15, -0.1) is 0 Å². The van der Waals surface area contributed by atoms with Gasteiger partial charge in [0.1, 0.15) is 5.75 Å². The third-order valence-electron chi connectivity index (χ3n) is 4.56. The van der Waals surface area contributed by atoms with Crippen LogP contribution >= 0.6 is 0 Å². The fourth-order valence-electron chi connectivity index (χ4n) is 3.46. The van der Waals surface area contributed by atoms with Crippen LogP contribution in [-0.4, -0.2) is 12.1 Å². The third-order valence-corrected chi connectivity index (χ3v) is 4.56. The second-order valence-corrected chi connectivity index (χ2v) is 6.92. The van der Waals surface area contributed by atoms with E-state index in [1.54, 1.807) is 0 Å². The van der Waals surface area contributed by atoms with Crippen LogP contribution in [0.4, 0.5) is 0 Å². The highest BCUT2D eigenvalue weighted by molar-refractivity contribution is 5.33. The summed E-state index contributed by atoms with van der Waals surface area (Å²) in [6.07, 6.45) is 6.83. The minimum absolute atomic E-state index is 0.399. The topological polar surface area (TPSA) is 21.3 Å². The molecule has 0 bridgehead atoms. The van der Waals surface area contributed by atoms with E-state index in [-0.39, 0.29) is 0 Å². The first-order valence-electron chi connectivity index (χ1n) is 8.18. The molecule has 0 radical (unpaired) electrons. The van der Waals surface area contributed by atoms with Gasteiger partial charge >= 0.3 is 0 Å². The number of para-hydroxylation sites is 1. The van der Waals surface area contributed by atoms with Gasteiger partial charge in [-0.3, -0.25) is 0 Å². The third kappa shape index (κ3) is 3.76. The molecule has 0 aliphatic heterocycles. The molecule has 110 valence electrons. The van der Waals surface area contributed by atoms with Gasteiger partial charge in [-0.1, -0.05) is 32.0 Å². The summed E-state index contributed by atoms with van der Waals surface area (Å²) < 4.78 is 6.34. The lowest BCUT2D eigenvalue weighted by molar-refractivity contribution is 0.0999. The quantitative estimate of drug-likeness (QED) is 0.870. The SMILES string of the molecule is CC1CC(C)CC(Oc2ccccc2CNC2CC2)C1. The van der Waals surface area contributed by atoms with Gasteiger partial charge in [0, 0.05) is 18.2 Å². The van der Waals surface area contributed by atoms with Crippen molar-refractivity contribution in [1.82, 2.24) is 5.32 Å². The predicted molar refractivity (Wildman–Crippen MR) is 82.9 cm³/mol. The molecule has 2 nitrogen and oxygen atoms in total. The van der Waals surface area contributed by atoms with E-state index >= 15 is 0 Å². The summed E-state index contributed by atoms with van der Waals surface area (Å²) in [5, 5.41) is 3.59. The second-order valence-electron chi connectivity index (χ2n) is 6.92. The lowest BCUT2D eigenvalue weighted by atomic mass is 9.82. The smallest absolute Gasteiger partial charge is 0.124 e. The van der Waals surface area contributed by atoms with Crippen LogP contribution in [0.15, 0.2) is 24.3 Å². The standard InChI is InChI=1S/C18H27NO/c1-13-9-14(2)11-17(10-13)20-18-6-4-3-5-15(18)12-19-16-7-8-16/h3-6,13-14,16-17,19H,7-12H2,1-2H3. The van der Waals surface area contributed by atoms with Crippen LogP contribution in [0.25, 0.3) is 0 Å². The molecule has 20 heavy (non-hydrogen) atoms. The van der Waals surface area contributed by atoms with E-state index in [0.717, 1.165) is 30.2 Å². The molecule has 1 aromatic rings. The number of hydrogen-bond donors (Lipinski definition) is 1. The largest absolute Gasteiger partial charge is 0.490 e. The first-order chi connectivity index (χ1) is 9.70. The Labute approximate surface area is 122 Å². The number of nitrogens with one attached hydrogen (secondary N) is 1. The Bertz CT molecular complexity index is 431. The van der Waals surface area contributed by atoms with Crippen molar-refractivity contribution in [3.63, 3.8) is 0 Å². The van der Waals surface area contributed by atoms with E-state index in [0.29, 0.717) is 6.10 Å². The fraction of sp³-hybridized carbons (Fsp3) is 0.667. The molecule has 2 heteroatoms. The Balaban J connectivity index is 1.63. The van der Waals surface area contributed by atoms with Crippen molar-refractivity contribution >= 4 is 0 Å². The molecule has 3 rings (SSSR count). The molecule has 0 aromatic heterocycles. The molecular formula is C18H27NO. The van der Waals surface area contributed by atoms with Crippen molar-refractivity contribution < 1.29 is 4.74 Å². The van der Waals surface area contributed by atoms with Crippen molar-refractivity contribution in [3.8, 4) is 5.75 Å². The van der Waals surface area contributed by atoms with Crippen LogP contribution in [0, 0.1) is 11.8 Å². The van der Waals surface area contributed by atoms with Gasteiger partial charge in [0.05, 0.1) is 6.10 Å². The zero-order valence-electron chi connectivity index (χ0n) is 12.8. The lowest BCUT2D eigenvalue weighted by Gasteiger charge is -2.32. The minimum Gasteiger partial charge on any atom is -0.490 e. The van der Waals surface area contributed by atoms with Crippen molar-refractivity contribution in [1.29, 1.82) is 0 Å². The van der Waals surface area contributed by atoms with Gasteiger partial charge in [-0.2, -0.15) is 0 Å². The molecule has 2 atom stereocenters. The van der Waals surface area contributed by atoms with Crippen molar-refractivity contribution in [2.24, 2.45) is 11.8 Å². The lowest BCUT2D eigenvalue weighted by Crippen LogP contribution is -2.29. The van der Waals surface area contributed by atoms with Crippen molar-refractivity contribution in [2.45, 2.75) is 64.6 Å². The van der Waals surface area contributed by atoms with Crippen LogP contribution in [0.1, 0.15) is 51.5 Å². The normalized spacial score (nSPS) is 30.2. The zero-order chi connectivity index (χ0) is 13.9. The van der Waals surface area contributed by atoms with Crippen LogP contribution in [0.5, 0.6) is 5.75 Å². The predicted octanol–water partition coefficient (Wildman–Crippen LogP) is 4.14. The second kappa shape index (κ2) is 6.17. The van der Waals surface area contributed by atoms with Crippen molar-refractivity contribution in [3.05, 3.63) is 29.8 Å². The molecule has 2 fully saturated rings. The van der Waals surface area contributed by atoms with E-state index in [1.165, 1.54) is 37.7 Å². The van der Waals surface area contributed by atoms with Crippen LogP contribution in [0.3, 0.4) is 0 Å². The van der Waals surface area contributed by atoms with E-state index in [2.05, 4.69) is 43.4 Å². The Kier molecular flexibility index (Phi) is 4.30. The molecule has 2 unspecified atom stereocenters. The van der Waals surface area contributed by atoms with Crippen LogP contribution in [-0.2, 0) is 6.54 Å². The highest BCUT2D eigenvalue weighted by Gasteiger charge is 2.26. The molecule has 0 spiro atoms. The minimum atomic E-state index is 0.399. The first-order valence-corrected chi connectivity index (χ1v) is 8.18. The summed E-state index contributed by atoms with van der Waals surface area (Å²) in [5.74, 6) is 2.67. The average Bonchev–Trinajstić information content (AvgIpc) is 3.20. The maximum absolute atomic E-state index is 6.34. The molecule has 2 aliphatic carbocycles. The number of ether oxygens (including phenoxy) is 1. The maximum atomic E-state index is 6.34. The van der Waals surface area contributed by atoms with E-state index in [1.807, 2.05) is 0 Å². The van der Waals surface area contributed by atoms with Gasteiger partial charge in [0.15, 0.2) is 0 Å². The molecule has 2 saturated carbocycles. The molecule has 0 saturated heterocycles. The van der Waals surface area contributed by atoms with E-state index in [4.69, 9.17) is 4.74 Å². The molecular weight excluding hydrogens is 246 g/mol. The summed E-state index contributed by atoms with van der Waals surface area (Å²) in [4.78, 5) is 0. The van der Waals surface area contributed by atoms with Gasteiger partial charge < -0.3 is 10.1 Å². The Morgan fingerprint density at radius 2 is 1.75 bits per heavy atom. The number of rotatable bonds is 5. The van der Waals surface area contributed by atoms with Gasteiger partial charge in [0.25, 0.3) is 0 Å². The first kappa shape index (κ1) is 13.9. The highest BCUT2D eigenvalue weighted by atomic mass is 16.5. The van der Waals surface area contributed by atoms with Crippen molar-refractivity contribution in [2.75, 3.05) is 0 Å². The molecule has 1 aromatic carbocycles. The monoisotopic (exact) mass is 273 g/mol. The van der Waals surface area contributed by atoms with Gasteiger partial charge in [-0.05, 0) is 50.0 Å².